The second-order valence-electron chi connectivity index (χ2n) is 6.72. The molecule has 1 aromatic heterocycles. The van der Waals surface area contributed by atoms with Gasteiger partial charge in [0.2, 0.25) is 0 Å². The van der Waals surface area contributed by atoms with Gasteiger partial charge in [-0.25, -0.2) is 0 Å². The molecule has 134 valence electrons. The standard InChI is InChI=1S/C16H27N5O2S/c1-13-11-14(12-16(18-13)15-5-4-6-17-15)20-7-9-21(10-8-20)24(22,23)19(2)3/h11-12,15,17H,4-10H2,1-3H3. The Labute approximate surface area is 144 Å². The summed E-state index contributed by atoms with van der Waals surface area (Å²) in [5.41, 5.74) is 3.26. The third-order valence-electron chi connectivity index (χ3n) is 4.77. The molecule has 0 spiro atoms. The first-order valence-electron chi connectivity index (χ1n) is 8.52. The first-order valence-corrected chi connectivity index (χ1v) is 9.92. The largest absolute Gasteiger partial charge is 0.369 e. The van der Waals surface area contributed by atoms with E-state index in [0.29, 0.717) is 32.2 Å². The molecule has 0 aromatic carbocycles. The minimum absolute atomic E-state index is 0.346. The van der Waals surface area contributed by atoms with E-state index in [0.717, 1.165) is 30.0 Å². The van der Waals surface area contributed by atoms with Gasteiger partial charge in [-0.3, -0.25) is 4.98 Å². The van der Waals surface area contributed by atoms with E-state index in [1.165, 1.54) is 10.7 Å². The van der Waals surface area contributed by atoms with E-state index in [1.54, 1.807) is 18.4 Å². The Hall–Kier alpha value is -1.22. The van der Waals surface area contributed by atoms with Crippen molar-refractivity contribution in [1.29, 1.82) is 0 Å². The van der Waals surface area contributed by atoms with E-state index in [9.17, 15) is 8.42 Å². The van der Waals surface area contributed by atoms with Gasteiger partial charge in [-0.05, 0) is 38.4 Å². The summed E-state index contributed by atoms with van der Waals surface area (Å²) in [5, 5.41) is 3.50. The van der Waals surface area contributed by atoms with E-state index in [1.807, 2.05) is 6.92 Å². The first kappa shape index (κ1) is 17.6. The smallest absolute Gasteiger partial charge is 0.281 e. The van der Waals surface area contributed by atoms with Crippen molar-refractivity contribution in [3.8, 4) is 0 Å². The number of aryl methyl sites for hydroxylation is 1. The van der Waals surface area contributed by atoms with Gasteiger partial charge in [-0.15, -0.1) is 0 Å². The Morgan fingerprint density at radius 1 is 1.21 bits per heavy atom. The summed E-state index contributed by atoms with van der Waals surface area (Å²) >= 11 is 0. The molecule has 3 rings (SSSR count). The van der Waals surface area contributed by atoms with Crippen LogP contribution in [0.15, 0.2) is 12.1 Å². The summed E-state index contributed by atoms with van der Waals surface area (Å²) in [5.74, 6) is 0. The van der Waals surface area contributed by atoms with E-state index >= 15 is 0 Å². The summed E-state index contributed by atoms with van der Waals surface area (Å²) in [6.07, 6.45) is 2.32. The van der Waals surface area contributed by atoms with Crippen molar-refractivity contribution < 1.29 is 8.42 Å². The Bertz CT molecular complexity index is 678. The number of nitrogens with zero attached hydrogens (tertiary/aromatic N) is 4. The van der Waals surface area contributed by atoms with Crippen LogP contribution in [0.25, 0.3) is 0 Å². The molecule has 24 heavy (non-hydrogen) atoms. The third kappa shape index (κ3) is 3.56. The first-order chi connectivity index (χ1) is 11.4. The number of aromatic nitrogens is 1. The van der Waals surface area contributed by atoms with Crippen LogP contribution in [-0.2, 0) is 10.2 Å². The average molecular weight is 353 g/mol. The highest BCUT2D eigenvalue weighted by atomic mass is 32.2. The zero-order valence-electron chi connectivity index (χ0n) is 14.7. The summed E-state index contributed by atoms with van der Waals surface area (Å²) in [6, 6.07) is 4.60. The van der Waals surface area contributed by atoms with Gasteiger partial charge in [0.05, 0.1) is 5.69 Å². The molecular formula is C16H27N5O2S. The maximum Gasteiger partial charge on any atom is 0.281 e. The van der Waals surface area contributed by atoms with Crippen molar-refractivity contribution in [2.45, 2.75) is 25.8 Å². The predicted octanol–water partition coefficient (Wildman–Crippen LogP) is 0.743. The lowest BCUT2D eigenvalue weighted by atomic mass is 10.1. The van der Waals surface area contributed by atoms with Gasteiger partial charge in [0.1, 0.15) is 0 Å². The maximum atomic E-state index is 12.2. The molecule has 0 bridgehead atoms. The summed E-state index contributed by atoms with van der Waals surface area (Å²) in [4.78, 5) is 6.94. The lowest BCUT2D eigenvalue weighted by Crippen LogP contribution is -2.51. The van der Waals surface area contributed by atoms with E-state index in [-0.39, 0.29) is 0 Å². The molecule has 0 aliphatic carbocycles. The van der Waals surface area contributed by atoms with Crippen LogP contribution in [0, 0.1) is 6.92 Å². The Morgan fingerprint density at radius 2 is 1.92 bits per heavy atom. The van der Waals surface area contributed by atoms with Crippen LogP contribution < -0.4 is 10.2 Å². The Kier molecular flexibility index (Phi) is 5.10. The molecule has 1 atom stereocenters. The van der Waals surface area contributed by atoms with E-state index < -0.39 is 10.2 Å². The highest BCUT2D eigenvalue weighted by Gasteiger charge is 2.29. The van der Waals surface area contributed by atoms with Crippen LogP contribution in [-0.4, -0.2) is 68.8 Å². The molecule has 1 aromatic rings. The number of nitrogens with one attached hydrogen (secondary N) is 1. The Balaban J connectivity index is 1.72. The highest BCUT2D eigenvalue weighted by Crippen LogP contribution is 2.26. The quantitative estimate of drug-likeness (QED) is 0.865. The maximum absolute atomic E-state index is 12.2. The molecular weight excluding hydrogens is 326 g/mol. The van der Waals surface area contributed by atoms with Gasteiger partial charge < -0.3 is 10.2 Å². The van der Waals surface area contributed by atoms with Crippen LogP contribution in [0.5, 0.6) is 0 Å². The van der Waals surface area contributed by atoms with Gasteiger partial charge in [0, 0.05) is 57.7 Å². The van der Waals surface area contributed by atoms with Crippen molar-refractivity contribution in [3.05, 3.63) is 23.5 Å². The fourth-order valence-electron chi connectivity index (χ4n) is 3.38. The second-order valence-corrected chi connectivity index (χ2v) is 8.86. The summed E-state index contributed by atoms with van der Waals surface area (Å²) < 4.78 is 27.3. The molecule has 8 heteroatoms. The van der Waals surface area contributed by atoms with Crippen molar-refractivity contribution in [3.63, 3.8) is 0 Å². The topological polar surface area (TPSA) is 68.8 Å². The molecule has 2 aliphatic heterocycles. The average Bonchev–Trinajstić information content (AvgIpc) is 3.09. The number of rotatable bonds is 4. The zero-order valence-corrected chi connectivity index (χ0v) is 15.5. The molecule has 3 heterocycles. The summed E-state index contributed by atoms with van der Waals surface area (Å²) in [6.45, 7) is 5.51. The molecule has 2 saturated heterocycles. The van der Waals surface area contributed by atoms with Crippen molar-refractivity contribution in [2.75, 3.05) is 51.7 Å². The number of pyridine rings is 1. The molecule has 0 amide bonds. The van der Waals surface area contributed by atoms with Crippen LogP contribution in [0.4, 0.5) is 5.69 Å². The zero-order chi connectivity index (χ0) is 17.3. The van der Waals surface area contributed by atoms with E-state index in [2.05, 4.69) is 27.3 Å². The van der Waals surface area contributed by atoms with Gasteiger partial charge >= 0.3 is 0 Å². The Morgan fingerprint density at radius 3 is 2.50 bits per heavy atom. The van der Waals surface area contributed by atoms with Crippen molar-refractivity contribution in [2.24, 2.45) is 0 Å². The molecule has 7 nitrogen and oxygen atoms in total. The minimum atomic E-state index is -3.32. The fourth-order valence-corrected chi connectivity index (χ4v) is 4.47. The summed E-state index contributed by atoms with van der Waals surface area (Å²) in [7, 11) is -0.161. The number of hydrogen-bond acceptors (Lipinski definition) is 5. The van der Waals surface area contributed by atoms with Gasteiger partial charge in [0.15, 0.2) is 0 Å². The lowest BCUT2D eigenvalue weighted by Gasteiger charge is -2.36. The van der Waals surface area contributed by atoms with Crippen LogP contribution in [0.1, 0.15) is 30.3 Å². The highest BCUT2D eigenvalue weighted by molar-refractivity contribution is 7.86. The second kappa shape index (κ2) is 6.95. The van der Waals surface area contributed by atoms with Gasteiger partial charge in [-0.2, -0.15) is 17.0 Å². The lowest BCUT2D eigenvalue weighted by molar-refractivity contribution is 0.355. The van der Waals surface area contributed by atoms with Gasteiger partial charge in [0.25, 0.3) is 10.2 Å². The molecule has 1 N–H and O–H groups in total. The SMILES string of the molecule is Cc1cc(N2CCN(S(=O)(=O)N(C)C)CC2)cc(C2CCCN2)n1. The number of anilines is 1. The van der Waals surface area contributed by atoms with Gasteiger partial charge in [-0.1, -0.05) is 0 Å². The van der Waals surface area contributed by atoms with E-state index in [4.69, 9.17) is 0 Å². The van der Waals surface area contributed by atoms with Crippen molar-refractivity contribution >= 4 is 15.9 Å². The molecule has 2 fully saturated rings. The minimum Gasteiger partial charge on any atom is -0.369 e. The molecule has 1 unspecified atom stereocenters. The molecule has 0 radical (unpaired) electrons. The van der Waals surface area contributed by atoms with Crippen molar-refractivity contribution in [1.82, 2.24) is 18.9 Å². The van der Waals surface area contributed by atoms with Crippen LogP contribution in [0.2, 0.25) is 0 Å². The third-order valence-corrected chi connectivity index (χ3v) is 6.71. The number of hydrogen-bond donors (Lipinski definition) is 1. The van der Waals surface area contributed by atoms with Crippen LogP contribution in [0.3, 0.4) is 0 Å². The monoisotopic (exact) mass is 353 g/mol. The predicted molar refractivity (Wildman–Crippen MR) is 95.3 cm³/mol. The number of piperazine rings is 1. The molecule has 2 aliphatic rings. The van der Waals surface area contributed by atoms with Crippen LogP contribution >= 0.6 is 0 Å². The molecule has 0 saturated carbocycles. The fraction of sp³-hybridized carbons (Fsp3) is 0.688. The normalized spacial score (nSPS) is 23.2.